The van der Waals surface area contributed by atoms with E-state index in [1.165, 1.54) is 12.1 Å². The molecule has 0 spiro atoms. The van der Waals surface area contributed by atoms with E-state index < -0.39 is 17.8 Å². The van der Waals surface area contributed by atoms with Crippen molar-refractivity contribution in [1.82, 2.24) is 20.0 Å². The number of carbonyl (C=O) groups excluding carboxylic acids is 3. The van der Waals surface area contributed by atoms with Gasteiger partial charge < -0.3 is 15.0 Å². The summed E-state index contributed by atoms with van der Waals surface area (Å²) in [6, 6.07) is 4.77. The lowest BCUT2D eigenvalue weighted by molar-refractivity contribution is -0.139. The molecule has 34 heavy (non-hydrogen) atoms. The van der Waals surface area contributed by atoms with E-state index in [2.05, 4.69) is 10.2 Å². The van der Waals surface area contributed by atoms with Gasteiger partial charge in [0.1, 0.15) is 5.82 Å². The maximum Gasteiger partial charge on any atom is 0.338 e. The first kappa shape index (κ1) is 24.2. The maximum atomic E-state index is 14.0. The Morgan fingerprint density at radius 1 is 1.15 bits per heavy atom. The molecule has 2 heterocycles. The lowest BCUT2D eigenvalue weighted by atomic mass is 9.94. The number of nitrogens with zero attached hydrogens (tertiary/aromatic N) is 3. The molecule has 2 fully saturated rings. The predicted octanol–water partition coefficient (Wildman–Crippen LogP) is 2.67. The maximum absolute atomic E-state index is 14.0. The zero-order chi connectivity index (χ0) is 24.2. The van der Waals surface area contributed by atoms with Gasteiger partial charge >= 0.3 is 12.0 Å². The van der Waals surface area contributed by atoms with E-state index in [0.717, 1.165) is 32.4 Å². The van der Waals surface area contributed by atoms with E-state index in [9.17, 15) is 18.8 Å². The van der Waals surface area contributed by atoms with Gasteiger partial charge in [-0.1, -0.05) is 12.1 Å². The van der Waals surface area contributed by atoms with Crippen LogP contribution in [0.15, 0.2) is 35.5 Å². The molecule has 184 valence electrons. The van der Waals surface area contributed by atoms with E-state index in [1.54, 1.807) is 24.0 Å². The average molecular weight is 473 g/mol. The minimum absolute atomic E-state index is 0.188. The molecule has 1 saturated carbocycles. The monoisotopic (exact) mass is 472 g/mol. The Labute approximate surface area is 199 Å². The molecule has 0 bridgehead atoms. The van der Waals surface area contributed by atoms with Crippen molar-refractivity contribution in [3.8, 4) is 0 Å². The summed E-state index contributed by atoms with van der Waals surface area (Å²) in [5, 5.41) is 2.86. The first-order valence-electron chi connectivity index (χ1n) is 12.2. The van der Waals surface area contributed by atoms with Crippen LogP contribution >= 0.6 is 0 Å². The van der Waals surface area contributed by atoms with Crippen LogP contribution in [0.2, 0.25) is 0 Å². The van der Waals surface area contributed by atoms with Gasteiger partial charge in [0.25, 0.3) is 0 Å². The Bertz CT molecular complexity index is 977. The Morgan fingerprint density at radius 2 is 1.94 bits per heavy atom. The SMILES string of the molecule is CCOC(=O)C1=C(CN2CCCN(C(=O)C3CC3)CC2)N(CC)C(=O)NC1c1cccc(F)c1. The van der Waals surface area contributed by atoms with Crippen molar-refractivity contribution in [2.75, 3.05) is 45.9 Å². The minimum Gasteiger partial charge on any atom is -0.463 e. The number of likely N-dealkylation sites (N-methyl/N-ethyl adjacent to an activating group) is 1. The number of esters is 1. The van der Waals surface area contributed by atoms with Crippen molar-refractivity contribution in [3.05, 3.63) is 46.9 Å². The summed E-state index contributed by atoms with van der Waals surface area (Å²) in [5.74, 6) is -0.533. The van der Waals surface area contributed by atoms with E-state index in [1.807, 2.05) is 11.8 Å². The topological polar surface area (TPSA) is 82.2 Å². The Kier molecular flexibility index (Phi) is 7.50. The second-order valence-corrected chi connectivity index (χ2v) is 8.99. The Hall–Kier alpha value is -2.94. The van der Waals surface area contributed by atoms with Crippen LogP contribution in [0.5, 0.6) is 0 Å². The highest BCUT2D eigenvalue weighted by molar-refractivity contribution is 5.95. The molecule has 1 atom stereocenters. The normalized spacial score (nSPS) is 21.9. The van der Waals surface area contributed by atoms with Gasteiger partial charge in [-0.05, 0) is 50.8 Å². The molecule has 0 aromatic heterocycles. The molecule has 3 aliphatic rings. The molecule has 1 aromatic carbocycles. The minimum atomic E-state index is -0.806. The Morgan fingerprint density at radius 3 is 2.62 bits per heavy atom. The lowest BCUT2D eigenvalue weighted by Gasteiger charge is -2.38. The van der Waals surface area contributed by atoms with Crippen LogP contribution in [0.3, 0.4) is 0 Å². The number of ether oxygens (including phenoxy) is 1. The van der Waals surface area contributed by atoms with Crippen LogP contribution < -0.4 is 5.32 Å². The quantitative estimate of drug-likeness (QED) is 0.617. The van der Waals surface area contributed by atoms with Crippen LogP contribution in [0.1, 0.15) is 44.7 Å². The number of amides is 3. The summed E-state index contributed by atoms with van der Waals surface area (Å²) in [4.78, 5) is 44.4. The predicted molar refractivity (Wildman–Crippen MR) is 124 cm³/mol. The van der Waals surface area contributed by atoms with Gasteiger partial charge in [-0.15, -0.1) is 0 Å². The fourth-order valence-electron chi connectivity index (χ4n) is 4.74. The molecule has 1 aromatic rings. The molecule has 3 amide bonds. The number of urea groups is 1. The van der Waals surface area contributed by atoms with Gasteiger partial charge in [-0.2, -0.15) is 0 Å². The molecule has 2 aliphatic heterocycles. The van der Waals surface area contributed by atoms with E-state index >= 15 is 0 Å². The van der Waals surface area contributed by atoms with Crippen LogP contribution in [0.25, 0.3) is 0 Å². The summed E-state index contributed by atoms with van der Waals surface area (Å²) in [6.45, 7) is 7.26. The van der Waals surface area contributed by atoms with Crippen molar-refractivity contribution in [1.29, 1.82) is 0 Å². The molecule has 0 radical (unpaired) electrons. The number of hydrogen-bond acceptors (Lipinski definition) is 5. The number of benzene rings is 1. The summed E-state index contributed by atoms with van der Waals surface area (Å²) in [7, 11) is 0. The van der Waals surface area contributed by atoms with Crippen LogP contribution in [0.4, 0.5) is 9.18 Å². The Balaban J connectivity index is 1.65. The first-order valence-corrected chi connectivity index (χ1v) is 12.2. The molecule has 1 saturated heterocycles. The smallest absolute Gasteiger partial charge is 0.338 e. The fourth-order valence-corrected chi connectivity index (χ4v) is 4.74. The third-order valence-electron chi connectivity index (χ3n) is 6.63. The standard InChI is InChI=1S/C25H33FN4O4/c1-3-30-20(16-28-11-6-12-29(14-13-28)23(31)17-9-10-17)21(24(32)34-4-2)22(27-25(30)33)18-7-5-8-19(26)15-18/h5,7-8,15,17,22H,3-4,6,9-14,16H2,1-2H3,(H,27,33). The number of nitrogens with one attached hydrogen (secondary N) is 1. The molecule has 1 unspecified atom stereocenters. The second kappa shape index (κ2) is 10.5. The number of rotatable bonds is 7. The van der Waals surface area contributed by atoms with Gasteiger partial charge in [0.15, 0.2) is 0 Å². The van der Waals surface area contributed by atoms with Gasteiger partial charge in [0, 0.05) is 50.9 Å². The first-order chi connectivity index (χ1) is 16.4. The number of hydrogen-bond donors (Lipinski definition) is 1. The molecule has 4 rings (SSSR count). The van der Waals surface area contributed by atoms with Crippen molar-refractivity contribution in [3.63, 3.8) is 0 Å². The van der Waals surface area contributed by atoms with Crippen LogP contribution in [0, 0.1) is 11.7 Å². The highest BCUT2D eigenvalue weighted by Gasteiger charge is 2.39. The van der Waals surface area contributed by atoms with Gasteiger partial charge in [0.2, 0.25) is 5.91 Å². The third-order valence-corrected chi connectivity index (χ3v) is 6.63. The van der Waals surface area contributed by atoms with Gasteiger partial charge in [0.05, 0.1) is 18.2 Å². The third kappa shape index (κ3) is 5.24. The number of carbonyl (C=O) groups is 3. The van der Waals surface area contributed by atoms with Crippen molar-refractivity contribution >= 4 is 17.9 Å². The average Bonchev–Trinajstić information content (AvgIpc) is 3.67. The van der Waals surface area contributed by atoms with Crippen molar-refractivity contribution in [2.24, 2.45) is 5.92 Å². The van der Waals surface area contributed by atoms with E-state index in [-0.39, 0.29) is 24.5 Å². The summed E-state index contributed by atoms with van der Waals surface area (Å²) < 4.78 is 19.4. The zero-order valence-corrected chi connectivity index (χ0v) is 19.9. The van der Waals surface area contributed by atoms with Crippen molar-refractivity contribution < 1.29 is 23.5 Å². The van der Waals surface area contributed by atoms with Crippen molar-refractivity contribution in [2.45, 2.75) is 39.2 Å². The zero-order valence-electron chi connectivity index (χ0n) is 19.9. The molecule has 8 nitrogen and oxygen atoms in total. The lowest BCUT2D eigenvalue weighted by Crippen LogP contribution is -2.51. The van der Waals surface area contributed by atoms with Gasteiger partial charge in [-0.3, -0.25) is 14.6 Å². The molecular formula is C25H33FN4O4. The molecule has 1 aliphatic carbocycles. The highest BCUT2D eigenvalue weighted by atomic mass is 19.1. The van der Waals surface area contributed by atoms with E-state index in [4.69, 9.17) is 4.74 Å². The highest BCUT2D eigenvalue weighted by Crippen LogP contribution is 2.33. The van der Waals surface area contributed by atoms with Crippen LogP contribution in [-0.2, 0) is 14.3 Å². The molecule has 9 heteroatoms. The fraction of sp³-hybridized carbons (Fsp3) is 0.560. The molecular weight excluding hydrogens is 439 g/mol. The summed E-state index contributed by atoms with van der Waals surface area (Å²) >= 11 is 0. The molecule has 1 N–H and O–H groups in total. The summed E-state index contributed by atoms with van der Waals surface area (Å²) in [5.41, 5.74) is 1.38. The summed E-state index contributed by atoms with van der Waals surface area (Å²) in [6.07, 6.45) is 2.79. The number of halogens is 1. The van der Waals surface area contributed by atoms with Crippen LogP contribution in [-0.4, -0.2) is 78.5 Å². The van der Waals surface area contributed by atoms with E-state index in [0.29, 0.717) is 43.0 Å². The second-order valence-electron chi connectivity index (χ2n) is 8.99. The van der Waals surface area contributed by atoms with Gasteiger partial charge in [-0.25, -0.2) is 14.0 Å². The largest absolute Gasteiger partial charge is 0.463 e.